The van der Waals surface area contributed by atoms with Crippen LogP contribution in [-0.2, 0) is 0 Å². The fraction of sp³-hybridized carbons (Fsp3) is 0.105. The van der Waals surface area contributed by atoms with Gasteiger partial charge in [-0.3, -0.25) is 10.1 Å². The highest BCUT2D eigenvalue weighted by Crippen LogP contribution is 2.35. The first-order valence-electron chi connectivity index (χ1n) is 8.21. The van der Waals surface area contributed by atoms with Gasteiger partial charge in [-0.15, -0.1) is 10.2 Å². The van der Waals surface area contributed by atoms with Crippen LogP contribution in [0.25, 0.3) is 22.4 Å². The Kier molecular flexibility index (Phi) is 4.55. The Balaban J connectivity index is 1.52. The van der Waals surface area contributed by atoms with Crippen LogP contribution in [0.4, 0.5) is 5.69 Å². The van der Waals surface area contributed by atoms with Crippen molar-refractivity contribution >= 4 is 28.4 Å². The molecule has 2 heterocycles. The highest BCUT2D eigenvalue weighted by Gasteiger charge is 2.17. The lowest BCUT2D eigenvalue weighted by Crippen LogP contribution is -1.90. The quantitative estimate of drug-likeness (QED) is 0.272. The molecule has 8 heteroatoms. The van der Waals surface area contributed by atoms with Gasteiger partial charge in [-0.05, 0) is 31.2 Å². The van der Waals surface area contributed by atoms with Crippen LogP contribution in [0.5, 0.6) is 0 Å². The van der Waals surface area contributed by atoms with Crippen LogP contribution in [-0.4, -0.2) is 20.1 Å². The maximum Gasteiger partial charge on any atom is 0.269 e. The van der Waals surface area contributed by atoms with E-state index in [4.69, 9.17) is 4.42 Å². The first-order valence-corrected chi connectivity index (χ1v) is 9.09. The van der Waals surface area contributed by atoms with Crippen LogP contribution in [0.1, 0.15) is 18.1 Å². The molecule has 0 aliphatic carbocycles. The van der Waals surface area contributed by atoms with Crippen LogP contribution in [0.15, 0.2) is 70.1 Å². The maximum atomic E-state index is 10.7. The minimum absolute atomic E-state index is 0.0183. The van der Waals surface area contributed by atoms with Gasteiger partial charge in [0.1, 0.15) is 0 Å². The Morgan fingerprint density at radius 3 is 2.59 bits per heavy atom. The smallest absolute Gasteiger partial charge is 0.269 e. The molecule has 7 nitrogen and oxygen atoms in total. The molecule has 0 spiro atoms. The van der Waals surface area contributed by atoms with Crippen molar-refractivity contribution in [2.24, 2.45) is 0 Å². The third-order valence-electron chi connectivity index (χ3n) is 3.98. The number of nitro benzene ring substituents is 1. The standard InChI is InChI=1S/C19H14N4O3S/c1-12(27-17-11-8-13-4-2-3-5-16(13)20-17)18-21-22-19(26-18)14-6-9-15(10-7-14)23(24)25/h2-12H,1H3. The lowest BCUT2D eigenvalue weighted by molar-refractivity contribution is -0.384. The normalized spacial score (nSPS) is 12.2. The van der Waals surface area contributed by atoms with Crippen LogP contribution in [0, 0.1) is 10.1 Å². The van der Waals surface area contributed by atoms with Crippen molar-refractivity contribution in [3.63, 3.8) is 0 Å². The second kappa shape index (κ2) is 7.16. The second-order valence-corrected chi connectivity index (χ2v) is 7.21. The summed E-state index contributed by atoms with van der Waals surface area (Å²) in [5.74, 6) is 0.808. The highest BCUT2D eigenvalue weighted by molar-refractivity contribution is 7.99. The minimum atomic E-state index is -0.446. The Morgan fingerprint density at radius 1 is 1.04 bits per heavy atom. The number of nitro groups is 1. The molecule has 1 unspecified atom stereocenters. The zero-order chi connectivity index (χ0) is 18.8. The zero-order valence-corrected chi connectivity index (χ0v) is 15.1. The predicted molar refractivity (Wildman–Crippen MR) is 102 cm³/mol. The van der Waals surface area contributed by atoms with Gasteiger partial charge in [0.25, 0.3) is 5.69 Å². The van der Waals surface area contributed by atoms with Crippen molar-refractivity contribution in [1.82, 2.24) is 15.2 Å². The van der Waals surface area contributed by atoms with Crippen molar-refractivity contribution in [3.05, 3.63) is 76.7 Å². The Hall–Kier alpha value is -3.26. The molecule has 0 radical (unpaired) electrons. The highest BCUT2D eigenvalue weighted by atomic mass is 32.2. The fourth-order valence-electron chi connectivity index (χ4n) is 2.59. The van der Waals surface area contributed by atoms with Crippen LogP contribution >= 0.6 is 11.8 Å². The number of fused-ring (bicyclic) bond motifs is 1. The molecule has 0 amide bonds. The lowest BCUT2D eigenvalue weighted by Gasteiger charge is -2.06. The van der Waals surface area contributed by atoms with Gasteiger partial charge >= 0.3 is 0 Å². The monoisotopic (exact) mass is 378 g/mol. The van der Waals surface area contributed by atoms with Crippen molar-refractivity contribution in [2.75, 3.05) is 0 Å². The summed E-state index contributed by atoms with van der Waals surface area (Å²) in [7, 11) is 0. The number of non-ortho nitro benzene ring substituents is 1. The Morgan fingerprint density at radius 2 is 1.81 bits per heavy atom. The molecule has 134 valence electrons. The summed E-state index contributed by atoms with van der Waals surface area (Å²) in [4.78, 5) is 14.9. The molecule has 2 aromatic heterocycles. The number of thioether (sulfide) groups is 1. The first kappa shape index (κ1) is 17.2. The number of para-hydroxylation sites is 1. The number of aromatic nitrogens is 3. The van der Waals surface area contributed by atoms with E-state index >= 15 is 0 Å². The van der Waals surface area contributed by atoms with Crippen molar-refractivity contribution in [3.8, 4) is 11.5 Å². The number of nitrogens with zero attached hydrogens (tertiary/aromatic N) is 4. The molecule has 0 saturated heterocycles. The van der Waals surface area contributed by atoms with E-state index in [0.29, 0.717) is 17.3 Å². The van der Waals surface area contributed by atoms with Crippen LogP contribution < -0.4 is 0 Å². The summed E-state index contributed by atoms with van der Waals surface area (Å²) < 4.78 is 5.75. The summed E-state index contributed by atoms with van der Waals surface area (Å²) in [6, 6.07) is 18.0. The van der Waals surface area contributed by atoms with E-state index < -0.39 is 4.92 Å². The summed E-state index contributed by atoms with van der Waals surface area (Å²) in [5.41, 5.74) is 1.59. The zero-order valence-electron chi connectivity index (χ0n) is 14.3. The molecule has 0 aliphatic heterocycles. The van der Waals surface area contributed by atoms with Gasteiger partial charge in [0.2, 0.25) is 11.8 Å². The maximum absolute atomic E-state index is 10.7. The topological polar surface area (TPSA) is 95.0 Å². The third kappa shape index (κ3) is 3.65. The summed E-state index contributed by atoms with van der Waals surface area (Å²) in [6.07, 6.45) is 0. The molecule has 0 N–H and O–H groups in total. The molecule has 27 heavy (non-hydrogen) atoms. The van der Waals surface area contributed by atoms with E-state index in [1.165, 1.54) is 23.9 Å². The van der Waals surface area contributed by atoms with E-state index in [0.717, 1.165) is 15.9 Å². The van der Waals surface area contributed by atoms with Crippen molar-refractivity contribution in [1.29, 1.82) is 0 Å². The van der Waals surface area contributed by atoms with E-state index in [1.54, 1.807) is 12.1 Å². The first-order chi connectivity index (χ1) is 13.1. The minimum Gasteiger partial charge on any atom is -0.419 e. The summed E-state index contributed by atoms with van der Waals surface area (Å²) in [5, 5.41) is 20.8. The predicted octanol–water partition coefficient (Wildman–Crippen LogP) is 5.05. The van der Waals surface area contributed by atoms with Gasteiger partial charge in [0.05, 0.1) is 20.7 Å². The van der Waals surface area contributed by atoms with Crippen molar-refractivity contribution < 1.29 is 9.34 Å². The molecule has 0 saturated carbocycles. The Bertz CT molecular complexity index is 1110. The van der Waals surface area contributed by atoms with Gasteiger partial charge in [0, 0.05) is 23.1 Å². The number of pyridine rings is 1. The largest absolute Gasteiger partial charge is 0.419 e. The van der Waals surface area contributed by atoms with Gasteiger partial charge in [-0.1, -0.05) is 36.0 Å². The molecule has 0 bridgehead atoms. The van der Waals surface area contributed by atoms with Crippen molar-refractivity contribution in [2.45, 2.75) is 17.2 Å². The molecule has 4 aromatic rings. The molecule has 0 aliphatic rings. The average molecular weight is 378 g/mol. The molecular weight excluding hydrogens is 364 g/mol. The average Bonchev–Trinajstić information content (AvgIpc) is 3.18. The molecule has 0 fully saturated rings. The number of benzene rings is 2. The van der Waals surface area contributed by atoms with Crippen LogP contribution in [0.2, 0.25) is 0 Å². The van der Waals surface area contributed by atoms with E-state index in [2.05, 4.69) is 15.2 Å². The van der Waals surface area contributed by atoms with Gasteiger partial charge in [0.15, 0.2) is 0 Å². The molecule has 2 aromatic carbocycles. The number of rotatable bonds is 5. The van der Waals surface area contributed by atoms with E-state index in [1.807, 2.05) is 43.3 Å². The molecule has 4 rings (SSSR count). The third-order valence-corrected chi connectivity index (χ3v) is 5.01. The summed E-state index contributed by atoms with van der Waals surface area (Å²) in [6.45, 7) is 1.97. The van der Waals surface area contributed by atoms with Gasteiger partial charge in [-0.2, -0.15) is 0 Å². The fourth-order valence-corrected chi connectivity index (χ4v) is 3.44. The summed E-state index contributed by atoms with van der Waals surface area (Å²) >= 11 is 1.53. The Labute approximate surface area is 158 Å². The van der Waals surface area contributed by atoms with Gasteiger partial charge in [-0.25, -0.2) is 4.98 Å². The van der Waals surface area contributed by atoms with Gasteiger partial charge < -0.3 is 4.42 Å². The molecule has 1 atom stereocenters. The van der Waals surface area contributed by atoms with E-state index in [9.17, 15) is 10.1 Å². The van der Waals surface area contributed by atoms with E-state index in [-0.39, 0.29) is 10.9 Å². The molecular formula is C19H14N4O3S. The second-order valence-electron chi connectivity index (χ2n) is 5.85. The SMILES string of the molecule is CC(Sc1ccc2ccccc2n1)c1nnc(-c2ccc([N+](=O)[O-])cc2)o1. The number of hydrogen-bond donors (Lipinski definition) is 0. The number of hydrogen-bond acceptors (Lipinski definition) is 7. The lowest BCUT2D eigenvalue weighted by atomic mass is 10.2. The van der Waals surface area contributed by atoms with Crippen LogP contribution in [0.3, 0.4) is 0 Å².